The van der Waals surface area contributed by atoms with Crippen molar-refractivity contribution >= 4 is 5.65 Å². The van der Waals surface area contributed by atoms with E-state index in [2.05, 4.69) is 10.1 Å². The van der Waals surface area contributed by atoms with Crippen molar-refractivity contribution in [1.82, 2.24) is 14.6 Å². The van der Waals surface area contributed by atoms with E-state index in [0.717, 1.165) is 17.0 Å². The lowest BCUT2D eigenvalue weighted by atomic mass is 10.3. The minimum atomic E-state index is 0.170. The molecule has 2 rings (SSSR count). The maximum atomic E-state index is 8.71. The van der Waals surface area contributed by atoms with Crippen molar-refractivity contribution in [2.24, 2.45) is 5.73 Å². The molecule has 0 spiro atoms. The number of fused-ring (bicyclic) bond motifs is 1. The van der Waals surface area contributed by atoms with E-state index in [1.807, 2.05) is 18.3 Å². The standard InChI is InChI=1S/C10H14N4O/c11-7-8-3-4-14-10(6-8)12-9(13-14)2-1-5-15/h3-4,6,15H,1-2,5,7,11H2. The summed E-state index contributed by atoms with van der Waals surface area (Å²) >= 11 is 0. The molecule has 0 radical (unpaired) electrons. The van der Waals surface area contributed by atoms with E-state index in [1.165, 1.54) is 0 Å². The minimum Gasteiger partial charge on any atom is -0.396 e. The molecule has 2 aromatic heterocycles. The monoisotopic (exact) mass is 206 g/mol. The summed E-state index contributed by atoms with van der Waals surface area (Å²) in [6.07, 6.45) is 3.25. The highest BCUT2D eigenvalue weighted by Gasteiger charge is 2.03. The smallest absolute Gasteiger partial charge is 0.155 e. The first-order valence-corrected chi connectivity index (χ1v) is 4.98. The number of aliphatic hydroxyl groups is 1. The van der Waals surface area contributed by atoms with Crippen LogP contribution in [0.1, 0.15) is 17.8 Å². The largest absolute Gasteiger partial charge is 0.396 e. The third kappa shape index (κ3) is 2.14. The van der Waals surface area contributed by atoms with E-state index in [9.17, 15) is 0 Å². The van der Waals surface area contributed by atoms with Crippen LogP contribution in [-0.2, 0) is 13.0 Å². The lowest BCUT2D eigenvalue weighted by Crippen LogP contribution is -1.97. The zero-order valence-corrected chi connectivity index (χ0v) is 8.43. The normalized spacial score (nSPS) is 11.1. The van der Waals surface area contributed by atoms with Gasteiger partial charge in [-0.05, 0) is 24.1 Å². The van der Waals surface area contributed by atoms with E-state index in [0.29, 0.717) is 19.4 Å². The molecule has 0 saturated carbocycles. The summed E-state index contributed by atoms with van der Waals surface area (Å²) in [5.74, 6) is 0.762. The molecule has 0 amide bonds. The van der Waals surface area contributed by atoms with Gasteiger partial charge < -0.3 is 10.8 Å². The first-order chi connectivity index (χ1) is 7.33. The van der Waals surface area contributed by atoms with Gasteiger partial charge in [0.15, 0.2) is 11.5 Å². The molecule has 15 heavy (non-hydrogen) atoms. The second kappa shape index (κ2) is 4.37. The van der Waals surface area contributed by atoms with Gasteiger partial charge in [0.25, 0.3) is 0 Å². The fraction of sp³-hybridized carbons (Fsp3) is 0.400. The van der Waals surface area contributed by atoms with Gasteiger partial charge in [-0.15, -0.1) is 0 Å². The number of aryl methyl sites for hydroxylation is 1. The summed E-state index contributed by atoms with van der Waals surface area (Å²) in [5.41, 5.74) is 7.39. The first-order valence-electron chi connectivity index (χ1n) is 4.98. The third-order valence-corrected chi connectivity index (χ3v) is 2.24. The van der Waals surface area contributed by atoms with Crippen molar-refractivity contribution in [1.29, 1.82) is 0 Å². The van der Waals surface area contributed by atoms with Gasteiger partial charge in [-0.25, -0.2) is 9.50 Å². The van der Waals surface area contributed by atoms with Crippen molar-refractivity contribution in [2.75, 3.05) is 6.61 Å². The number of aliphatic hydroxyl groups excluding tert-OH is 1. The van der Waals surface area contributed by atoms with E-state index >= 15 is 0 Å². The summed E-state index contributed by atoms with van der Waals surface area (Å²) in [7, 11) is 0. The molecular formula is C10H14N4O. The van der Waals surface area contributed by atoms with Crippen LogP contribution in [0.2, 0.25) is 0 Å². The predicted molar refractivity (Wildman–Crippen MR) is 56.3 cm³/mol. The van der Waals surface area contributed by atoms with Gasteiger partial charge in [-0.1, -0.05) is 0 Å². The molecule has 0 aromatic carbocycles. The molecular weight excluding hydrogens is 192 g/mol. The quantitative estimate of drug-likeness (QED) is 0.744. The lowest BCUT2D eigenvalue weighted by molar-refractivity contribution is 0.287. The fourth-order valence-electron chi connectivity index (χ4n) is 1.44. The molecule has 0 aliphatic heterocycles. The number of hydrogen-bond acceptors (Lipinski definition) is 4. The van der Waals surface area contributed by atoms with Crippen LogP contribution in [0.4, 0.5) is 0 Å². The predicted octanol–water partition coefficient (Wildman–Crippen LogP) is 0.113. The lowest BCUT2D eigenvalue weighted by Gasteiger charge is -1.94. The van der Waals surface area contributed by atoms with E-state index in [4.69, 9.17) is 10.8 Å². The van der Waals surface area contributed by atoms with Crippen LogP contribution in [0.25, 0.3) is 5.65 Å². The second-order valence-electron chi connectivity index (χ2n) is 3.40. The zero-order valence-electron chi connectivity index (χ0n) is 8.43. The summed E-state index contributed by atoms with van der Waals surface area (Å²) in [6, 6.07) is 3.85. The fourth-order valence-corrected chi connectivity index (χ4v) is 1.44. The molecule has 0 saturated heterocycles. The molecule has 0 aliphatic carbocycles. The average molecular weight is 206 g/mol. The average Bonchev–Trinajstić information content (AvgIpc) is 2.67. The molecule has 5 nitrogen and oxygen atoms in total. The van der Waals surface area contributed by atoms with Crippen LogP contribution in [0, 0.1) is 0 Å². The highest BCUT2D eigenvalue weighted by atomic mass is 16.2. The SMILES string of the molecule is NCc1ccn2nc(CCCO)nc2c1. The van der Waals surface area contributed by atoms with Crippen LogP contribution in [0.15, 0.2) is 18.3 Å². The Hall–Kier alpha value is -1.46. The van der Waals surface area contributed by atoms with E-state index < -0.39 is 0 Å². The number of rotatable bonds is 4. The Labute approximate surface area is 87.6 Å². The van der Waals surface area contributed by atoms with Crippen LogP contribution in [0.5, 0.6) is 0 Å². The van der Waals surface area contributed by atoms with Crippen LogP contribution < -0.4 is 5.73 Å². The van der Waals surface area contributed by atoms with Gasteiger partial charge in [-0.3, -0.25) is 0 Å². The van der Waals surface area contributed by atoms with Gasteiger partial charge in [0.1, 0.15) is 0 Å². The van der Waals surface area contributed by atoms with Gasteiger partial charge in [0.2, 0.25) is 0 Å². The second-order valence-corrected chi connectivity index (χ2v) is 3.40. The van der Waals surface area contributed by atoms with Crippen LogP contribution in [-0.4, -0.2) is 26.3 Å². The molecule has 0 bridgehead atoms. The Bertz CT molecular complexity index is 452. The van der Waals surface area contributed by atoms with Crippen molar-refractivity contribution in [3.05, 3.63) is 29.7 Å². The van der Waals surface area contributed by atoms with Crippen LogP contribution in [0.3, 0.4) is 0 Å². The maximum Gasteiger partial charge on any atom is 0.155 e. The zero-order chi connectivity index (χ0) is 10.7. The molecule has 0 unspecified atom stereocenters. The third-order valence-electron chi connectivity index (χ3n) is 2.24. The van der Waals surface area contributed by atoms with Crippen molar-refractivity contribution in [3.8, 4) is 0 Å². The summed E-state index contributed by atoms with van der Waals surface area (Å²) < 4.78 is 1.73. The Morgan fingerprint density at radius 2 is 2.33 bits per heavy atom. The molecule has 2 heterocycles. The highest BCUT2D eigenvalue weighted by Crippen LogP contribution is 2.06. The minimum absolute atomic E-state index is 0.170. The Kier molecular flexibility index (Phi) is 2.94. The molecule has 0 atom stereocenters. The Balaban J connectivity index is 2.29. The number of nitrogens with two attached hydrogens (primary N) is 1. The van der Waals surface area contributed by atoms with E-state index in [1.54, 1.807) is 4.52 Å². The van der Waals surface area contributed by atoms with Gasteiger partial charge >= 0.3 is 0 Å². The van der Waals surface area contributed by atoms with Gasteiger partial charge in [0.05, 0.1) is 0 Å². The van der Waals surface area contributed by atoms with Crippen LogP contribution >= 0.6 is 0 Å². The Morgan fingerprint density at radius 1 is 1.47 bits per heavy atom. The topological polar surface area (TPSA) is 76.4 Å². The van der Waals surface area contributed by atoms with Gasteiger partial charge in [0, 0.05) is 25.8 Å². The molecule has 2 aromatic rings. The van der Waals surface area contributed by atoms with Crippen molar-refractivity contribution in [2.45, 2.75) is 19.4 Å². The number of nitrogens with zero attached hydrogens (tertiary/aromatic N) is 3. The molecule has 0 fully saturated rings. The summed E-state index contributed by atoms with van der Waals surface area (Å²) in [6.45, 7) is 0.679. The molecule has 5 heteroatoms. The van der Waals surface area contributed by atoms with E-state index in [-0.39, 0.29) is 6.61 Å². The number of aromatic nitrogens is 3. The molecule has 0 aliphatic rings. The maximum absolute atomic E-state index is 8.71. The molecule has 80 valence electrons. The van der Waals surface area contributed by atoms with Crippen molar-refractivity contribution < 1.29 is 5.11 Å². The first kappa shape index (κ1) is 10.1. The molecule has 3 N–H and O–H groups in total. The Morgan fingerprint density at radius 3 is 3.07 bits per heavy atom. The number of pyridine rings is 1. The number of hydrogen-bond donors (Lipinski definition) is 2. The summed E-state index contributed by atoms with van der Waals surface area (Å²) in [4.78, 5) is 4.34. The summed E-state index contributed by atoms with van der Waals surface area (Å²) in [5, 5.41) is 13.0. The van der Waals surface area contributed by atoms with Crippen molar-refractivity contribution in [3.63, 3.8) is 0 Å². The highest BCUT2D eigenvalue weighted by molar-refractivity contribution is 5.40. The van der Waals surface area contributed by atoms with Gasteiger partial charge in [-0.2, -0.15) is 5.10 Å².